The summed E-state index contributed by atoms with van der Waals surface area (Å²) in [6, 6.07) is 0.536. The van der Waals surface area contributed by atoms with Crippen LogP contribution in [0.25, 0.3) is 0 Å². The summed E-state index contributed by atoms with van der Waals surface area (Å²) in [7, 11) is 0. The molecule has 0 radical (unpaired) electrons. The van der Waals surface area contributed by atoms with Gasteiger partial charge in [0, 0.05) is 13.5 Å². The van der Waals surface area contributed by atoms with Crippen LogP contribution in [0.1, 0.15) is 120 Å². The molecule has 268 valence electrons. The van der Waals surface area contributed by atoms with Gasteiger partial charge in [-0.1, -0.05) is 34.6 Å². The maximum Gasteiger partial charge on any atom is 0.303 e. The van der Waals surface area contributed by atoms with E-state index >= 15 is 0 Å². The van der Waals surface area contributed by atoms with E-state index in [0.29, 0.717) is 40.0 Å². The van der Waals surface area contributed by atoms with E-state index in [1.54, 1.807) is 13.8 Å². The van der Waals surface area contributed by atoms with Gasteiger partial charge in [-0.05, 0) is 123 Å². The number of ether oxygens (including phenoxy) is 5. The Morgan fingerprint density at radius 2 is 1.70 bits per heavy atom. The molecule has 0 bridgehead atoms. The smallest absolute Gasteiger partial charge is 0.303 e. The van der Waals surface area contributed by atoms with Crippen LogP contribution in [-0.2, 0) is 28.5 Å². The van der Waals surface area contributed by atoms with E-state index in [-0.39, 0.29) is 36.0 Å². The highest BCUT2D eigenvalue weighted by Gasteiger charge is 2.80. The second-order valence-corrected chi connectivity index (χ2v) is 18.1. The van der Waals surface area contributed by atoms with E-state index in [0.717, 1.165) is 64.5 Å². The molecule has 8 fully saturated rings. The van der Waals surface area contributed by atoms with Crippen LogP contribution in [0.5, 0.6) is 0 Å². The predicted octanol–water partition coefficient (Wildman–Crippen LogP) is 6.36. The van der Waals surface area contributed by atoms with Crippen LogP contribution in [0.15, 0.2) is 0 Å². The molecule has 2 spiro atoms. The van der Waals surface area contributed by atoms with Gasteiger partial charge in [0.1, 0.15) is 0 Å². The molecule has 0 aromatic rings. The van der Waals surface area contributed by atoms with Gasteiger partial charge < -0.3 is 28.8 Å². The van der Waals surface area contributed by atoms with Crippen molar-refractivity contribution in [3.8, 4) is 0 Å². The van der Waals surface area contributed by atoms with Crippen LogP contribution < -0.4 is 0 Å². The van der Waals surface area contributed by atoms with Crippen molar-refractivity contribution in [2.75, 3.05) is 32.9 Å². The molecule has 47 heavy (non-hydrogen) atoms. The summed E-state index contributed by atoms with van der Waals surface area (Å²) in [5.74, 6) is 2.41. The Bertz CT molecular complexity index is 1170. The van der Waals surface area contributed by atoms with E-state index in [4.69, 9.17) is 23.7 Å². The van der Waals surface area contributed by atoms with Gasteiger partial charge in [-0.15, -0.1) is 0 Å². The molecule has 0 aromatic carbocycles. The molecule has 3 heterocycles. The molecular formula is C39H65NO7. The van der Waals surface area contributed by atoms with Crippen LogP contribution in [-0.4, -0.2) is 91.2 Å². The molecule has 0 amide bonds. The van der Waals surface area contributed by atoms with Gasteiger partial charge in [0.15, 0.2) is 12.4 Å². The highest BCUT2D eigenvalue weighted by molar-refractivity contribution is 5.66. The van der Waals surface area contributed by atoms with Crippen LogP contribution in [0.3, 0.4) is 0 Å². The number of hydrogen-bond acceptors (Lipinski definition) is 8. The van der Waals surface area contributed by atoms with E-state index in [1.165, 1.54) is 45.4 Å². The number of nitrogens with zero attached hydrogens (tertiary/aromatic N) is 1. The number of esters is 1. The van der Waals surface area contributed by atoms with Gasteiger partial charge in [-0.2, -0.15) is 0 Å². The van der Waals surface area contributed by atoms with E-state index in [2.05, 4.69) is 25.7 Å². The van der Waals surface area contributed by atoms with Gasteiger partial charge in [0.2, 0.25) is 0 Å². The van der Waals surface area contributed by atoms with Crippen molar-refractivity contribution in [2.24, 2.45) is 45.3 Å². The number of carbonyl (C=O) groups is 1. The van der Waals surface area contributed by atoms with Crippen molar-refractivity contribution in [1.29, 1.82) is 0 Å². The first kappa shape index (κ1) is 34.7. The fraction of sp³-hybridized carbons (Fsp3) is 0.974. The standard InChI is InChI=1S/C37H59NO7.C2H6/c1-22(39)43-32(34(4,5)40)27-9-7-25-28(44-27)17-26-24-8-10-29-33(2,3)30(45-31-18-38(15-16-42-31)23-19-41-20-23)11-12-37(29)21-36(24,37)14-13-35(25,26)6;1-2/h23-32,40H,7-21H2,1-6H3;1-2H3. The molecule has 8 heteroatoms. The summed E-state index contributed by atoms with van der Waals surface area (Å²) in [4.78, 5) is 14.5. The number of carbonyl (C=O) groups excluding carboxylic acids is 1. The molecule has 5 aliphatic carbocycles. The van der Waals surface area contributed by atoms with Gasteiger partial charge in [-0.3, -0.25) is 9.69 Å². The fourth-order valence-corrected chi connectivity index (χ4v) is 13.2. The molecule has 3 saturated heterocycles. The summed E-state index contributed by atoms with van der Waals surface area (Å²) in [6.07, 6.45) is 11.7. The molecule has 3 aliphatic heterocycles. The molecule has 0 aromatic heterocycles. The molecule has 8 nitrogen and oxygen atoms in total. The lowest BCUT2D eigenvalue weighted by atomic mass is 9.46. The van der Waals surface area contributed by atoms with Crippen LogP contribution in [0.2, 0.25) is 0 Å². The fourth-order valence-electron chi connectivity index (χ4n) is 13.2. The third kappa shape index (κ3) is 5.39. The molecule has 12 unspecified atom stereocenters. The zero-order valence-corrected chi connectivity index (χ0v) is 30.7. The number of hydrogen-bond donors (Lipinski definition) is 1. The highest BCUT2D eigenvalue weighted by Crippen LogP contribution is 2.87. The van der Waals surface area contributed by atoms with Gasteiger partial charge in [0.05, 0.1) is 56.3 Å². The molecule has 5 saturated carbocycles. The maximum absolute atomic E-state index is 11.9. The first-order chi connectivity index (χ1) is 22.3. The van der Waals surface area contributed by atoms with Crippen molar-refractivity contribution in [3.63, 3.8) is 0 Å². The summed E-state index contributed by atoms with van der Waals surface area (Å²) >= 11 is 0. The average Bonchev–Trinajstić information content (AvgIpc) is 3.57. The predicted molar refractivity (Wildman–Crippen MR) is 180 cm³/mol. The zero-order chi connectivity index (χ0) is 33.6. The third-order valence-electron chi connectivity index (χ3n) is 15.4. The summed E-state index contributed by atoms with van der Waals surface area (Å²) in [5, 5.41) is 10.9. The Morgan fingerprint density at radius 3 is 2.38 bits per heavy atom. The van der Waals surface area contributed by atoms with Gasteiger partial charge >= 0.3 is 5.97 Å². The van der Waals surface area contributed by atoms with Crippen LogP contribution >= 0.6 is 0 Å². The molecule has 12 atom stereocenters. The first-order valence-corrected chi connectivity index (χ1v) is 19.4. The lowest BCUT2D eigenvalue weighted by Crippen LogP contribution is -2.58. The maximum atomic E-state index is 11.9. The molecule has 8 aliphatic rings. The van der Waals surface area contributed by atoms with Crippen molar-refractivity contribution >= 4 is 5.97 Å². The van der Waals surface area contributed by atoms with Crippen LogP contribution in [0, 0.1) is 45.3 Å². The summed E-state index contributed by atoms with van der Waals surface area (Å²) < 4.78 is 31.1. The van der Waals surface area contributed by atoms with Crippen LogP contribution in [0.4, 0.5) is 0 Å². The molecule has 1 N–H and O–H groups in total. The Hall–Kier alpha value is -0.770. The topological polar surface area (TPSA) is 86.7 Å². The number of rotatable bonds is 6. The largest absolute Gasteiger partial charge is 0.457 e. The lowest BCUT2D eigenvalue weighted by molar-refractivity contribution is -0.253. The second kappa shape index (κ2) is 12.2. The van der Waals surface area contributed by atoms with E-state index in [9.17, 15) is 9.90 Å². The Kier molecular flexibility index (Phi) is 8.98. The van der Waals surface area contributed by atoms with Crippen molar-refractivity contribution < 1.29 is 33.6 Å². The SMILES string of the molecule is CC.CC(=O)OC(C1CCC2C(CC3C4CCC5C(C)(C)C(OC6CN(C7COC7)CCO6)CCC56CC46CCC23C)O1)C(C)(C)O. The number of aliphatic hydroxyl groups is 1. The van der Waals surface area contributed by atoms with Crippen molar-refractivity contribution in [2.45, 2.75) is 162 Å². The molecular weight excluding hydrogens is 594 g/mol. The number of fused-ring (bicyclic) bond motifs is 4. The minimum Gasteiger partial charge on any atom is -0.457 e. The second-order valence-electron chi connectivity index (χ2n) is 18.1. The summed E-state index contributed by atoms with van der Waals surface area (Å²) in [6.45, 7) is 20.8. The Morgan fingerprint density at radius 1 is 0.957 bits per heavy atom. The highest BCUT2D eigenvalue weighted by atomic mass is 16.7. The summed E-state index contributed by atoms with van der Waals surface area (Å²) in [5.41, 5.74) is 0.290. The minimum absolute atomic E-state index is 0.125. The van der Waals surface area contributed by atoms with Gasteiger partial charge in [0.25, 0.3) is 0 Å². The molecule has 8 rings (SSSR count). The third-order valence-corrected chi connectivity index (χ3v) is 15.4. The lowest BCUT2D eigenvalue weighted by Gasteiger charge is -2.60. The minimum atomic E-state index is -1.13. The Balaban J connectivity index is 0.00000172. The quantitative estimate of drug-likeness (QED) is 0.330. The van der Waals surface area contributed by atoms with Crippen molar-refractivity contribution in [3.05, 3.63) is 0 Å². The number of morpholine rings is 1. The normalized spacial score (nSPS) is 47.8. The first-order valence-electron chi connectivity index (χ1n) is 19.4. The average molecular weight is 660 g/mol. The monoisotopic (exact) mass is 659 g/mol. The van der Waals surface area contributed by atoms with Gasteiger partial charge in [-0.25, -0.2) is 0 Å². The Labute approximate surface area is 284 Å². The van der Waals surface area contributed by atoms with E-state index < -0.39 is 11.7 Å². The zero-order valence-electron chi connectivity index (χ0n) is 30.7. The van der Waals surface area contributed by atoms with E-state index in [1.807, 2.05) is 13.8 Å². The van der Waals surface area contributed by atoms with Crippen molar-refractivity contribution in [1.82, 2.24) is 4.90 Å².